The number of halogens is 1. The lowest BCUT2D eigenvalue weighted by Crippen LogP contribution is -2.29. The molecule has 1 unspecified atom stereocenters. The van der Waals surface area contributed by atoms with Gasteiger partial charge in [0.2, 0.25) is 0 Å². The molecule has 0 saturated carbocycles. The monoisotopic (exact) mass is 247 g/mol. The van der Waals surface area contributed by atoms with E-state index in [4.69, 9.17) is 4.42 Å². The van der Waals surface area contributed by atoms with Gasteiger partial charge in [0.05, 0.1) is 6.26 Å². The Morgan fingerprint density at radius 3 is 3.00 bits per heavy atom. The van der Waals surface area contributed by atoms with Crippen molar-refractivity contribution in [1.29, 1.82) is 0 Å². The van der Waals surface area contributed by atoms with Crippen LogP contribution in [0.25, 0.3) is 16.5 Å². The van der Waals surface area contributed by atoms with Gasteiger partial charge in [0.15, 0.2) is 0 Å². The molecule has 3 heteroatoms. The van der Waals surface area contributed by atoms with E-state index in [1.165, 1.54) is 0 Å². The first-order valence-electron chi connectivity index (χ1n) is 6.22. The van der Waals surface area contributed by atoms with Crippen LogP contribution < -0.4 is 5.32 Å². The van der Waals surface area contributed by atoms with Gasteiger partial charge in [-0.15, -0.1) is 0 Å². The highest BCUT2D eigenvalue weighted by Gasteiger charge is 2.13. The van der Waals surface area contributed by atoms with Gasteiger partial charge >= 0.3 is 0 Å². The molecule has 2 rings (SSSR count). The van der Waals surface area contributed by atoms with Gasteiger partial charge in [-0.2, -0.15) is 0 Å². The number of hydrogen-bond acceptors (Lipinski definition) is 2. The summed E-state index contributed by atoms with van der Waals surface area (Å²) < 4.78 is 17.8. The zero-order valence-corrected chi connectivity index (χ0v) is 10.6. The lowest BCUT2D eigenvalue weighted by atomic mass is 9.96. The van der Waals surface area contributed by atoms with Gasteiger partial charge in [0.25, 0.3) is 0 Å². The van der Waals surface area contributed by atoms with E-state index in [0.717, 1.165) is 34.9 Å². The Morgan fingerprint density at radius 1 is 1.44 bits per heavy atom. The Hall–Kier alpha value is -1.61. The summed E-state index contributed by atoms with van der Waals surface area (Å²) in [5.74, 6) is 0. The average molecular weight is 247 g/mol. The number of rotatable bonds is 6. The number of furan rings is 1. The fourth-order valence-corrected chi connectivity index (χ4v) is 2.14. The summed E-state index contributed by atoms with van der Waals surface area (Å²) in [6.07, 6.45) is 3.53. The zero-order valence-electron chi connectivity index (χ0n) is 10.6. The second-order valence-electron chi connectivity index (χ2n) is 4.38. The van der Waals surface area contributed by atoms with Gasteiger partial charge in [0.1, 0.15) is 12.4 Å². The zero-order chi connectivity index (χ0) is 13.0. The highest BCUT2D eigenvalue weighted by Crippen LogP contribution is 2.24. The molecule has 18 heavy (non-hydrogen) atoms. The third-order valence-electron chi connectivity index (χ3n) is 3.15. The van der Waals surface area contributed by atoms with E-state index < -0.39 is 6.80 Å². The predicted molar refractivity (Wildman–Crippen MR) is 73.1 cm³/mol. The van der Waals surface area contributed by atoms with Crippen molar-refractivity contribution in [2.75, 3.05) is 6.80 Å². The van der Waals surface area contributed by atoms with Crippen LogP contribution in [-0.2, 0) is 0 Å². The van der Waals surface area contributed by atoms with Crippen LogP contribution in [0.2, 0.25) is 0 Å². The molecule has 1 aromatic heterocycles. The molecule has 0 fully saturated rings. The van der Waals surface area contributed by atoms with Gasteiger partial charge in [-0.3, -0.25) is 5.32 Å². The molecule has 0 aliphatic rings. The van der Waals surface area contributed by atoms with Crippen LogP contribution in [-0.4, -0.2) is 12.8 Å². The highest BCUT2D eigenvalue weighted by atomic mass is 19.1. The van der Waals surface area contributed by atoms with Gasteiger partial charge in [0, 0.05) is 11.4 Å². The minimum absolute atomic E-state index is 0.0209. The molecule has 2 nitrogen and oxygen atoms in total. The molecule has 0 radical (unpaired) electrons. The Kier molecular flexibility index (Phi) is 4.15. The van der Waals surface area contributed by atoms with Crippen molar-refractivity contribution in [3.63, 3.8) is 0 Å². The van der Waals surface area contributed by atoms with Crippen LogP contribution in [0.15, 0.2) is 41.5 Å². The fourth-order valence-electron chi connectivity index (χ4n) is 2.14. The molecule has 0 saturated heterocycles. The first kappa shape index (κ1) is 12.8. The summed E-state index contributed by atoms with van der Waals surface area (Å²) in [6.45, 7) is 5.63. The largest absolute Gasteiger partial charge is 0.464 e. The van der Waals surface area contributed by atoms with E-state index >= 15 is 0 Å². The van der Waals surface area contributed by atoms with Crippen molar-refractivity contribution < 1.29 is 8.81 Å². The van der Waals surface area contributed by atoms with Crippen molar-refractivity contribution in [2.24, 2.45) is 0 Å². The lowest BCUT2D eigenvalue weighted by molar-refractivity contribution is 0.396. The number of alkyl halides is 1. The van der Waals surface area contributed by atoms with Gasteiger partial charge in [-0.25, -0.2) is 4.39 Å². The number of fused-ring (bicyclic) bond motifs is 1. The molecule has 0 aliphatic heterocycles. The molecular formula is C15H18FNO. The standard InChI is InChI=1S/C15H18FNO/c1-3-4-14(17-10-16)11(2)13-6-5-12-7-8-18-15(12)9-13/h5-9,14,17H,2-4,10H2,1H3. The maximum absolute atomic E-state index is 12.5. The molecular weight excluding hydrogens is 229 g/mol. The summed E-state index contributed by atoms with van der Waals surface area (Å²) in [5.41, 5.74) is 2.74. The predicted octanol–water partition coefficient (Wildman–Crippen LogP) is 4.13. The van der Waals surface area contributed by atoms with Crippen LogP contribution in [0, 0.1) is 0 Å². The first-order chi connectivity index (χ1) is 8.76. The van der Waals surface area contributed by atoms with Crippen molar-refractivity contribution in [1.82, 2.24) is 5.32 Å². The number of hydrogen-bond donors (Lipinski definition) is 1. The van der Waals surface area contributed by atoms with Crippen LogP contribution in [0.3, 0.4) is 0 Å². The molecule has 0 aliphatic carbocycles. The second kappa shape index (κ2) is 5.83. The molecule has 2 aromatic rings. The van der Waals surface area contributed by atoms with Crippen LogP contribution in [0.1, 0.15) is 25.3 Å². The second-order valence-corrected chi connectivity index (χ2v) is 4.38. The van der Waals surface area contributed by atoms with E-state index in [0.29, 0.717) is 0 Å². The molecule has 1 heterocycles. The van der Waals surface area contributed by atoms with E-state index in [-0.39, 0.29) is 6.04 Å². The molecule has 1 N–H and O–H groups in total. The minimum atomic E-state index is -0.535. The van der Waals surface area contributed by atoms with Crippen molar-refractivity contribution in [3.8, 4) is 0 Å². The van der Waals surface area contributed by atoms with E-state index in [9.17, 15) is 4.39 Å². The summed E-state index contributed by atoms with van der Waals surface area (Å²) in [4.78, 5) is 0. The Balaban J connectivity index is 2.24. The molecule has 0 amide bonds. The Labute approximate surface area is 106 Å². The molecule has 1 atom stereocenters. The van der Waals surface area contributed by atoms with Crippen molar-refractivity contribution in [3.05, 3.63) is 42.7 Å². The first-order valence-corrected chi connectivity index (χ1v) is 6.22. The highest BCUT2D eigenvalue weighted by molar-refractivity contribution is 5.82. The van der Waals surface area contributed by atoms with E-state index in [1.807, 2.05) is 24.3 Å². The third-order valence-corrected chi connectivity index (χ3v) is 3.15. The average Bonchev–Trinajstić information content (AvgIpc) is 2.84. The molecule has 0 spiro atoms. The van der Waals surface area contributed by atoms with Crippen LogP contribution in [0.5, 0.6) is 0 Å². The normalized spacial score (nSPS) is 12.8. The fraction of sp³-hybridized carbons (Fsp3) is 0.333. The van der Waals surface area contributed by atoms with E-state index in [1.54, 1.807) is 6.26 Å². The van der Waals surface area contributed by atoms with Gasteiger partial charge in [-0.05, 0) is 29.7 Å². The Morgan fingerprint density at radius 2 is 2.28 bits per heavy atom. The number of nitrogens with one attached hydrogen (secondary N) is 1. The van der Waals surface area contributed by atoms with Crippen LogP contribution in [0.4, 0.5) is 4.39 Å². The molecule has 96 valence electrons. The van der Waals surface area contributed by atoms with Crippen LogP contribution >= 0.6 is 0 Å². The topological polar surface area (TPSA) is 25.2 Å². The summed E-state index contributed by atoms with van der Waals surface area (Å²) in [6, 6.07) is 7.86. The van der Waals surface area contributed by atoms with Gasteiger partial charge in [-0.1, -0.05) is 32.1 Å². The summed E-state index contributed by atoms with van der Waals surface area (Å²) in [7, 11) is 0. The SMILES string of the molecule is C=C(c1ccc2ccoc2c1)C(CCC)NCF. The maximum Gasteiger partial charge on any atom is 0.140 e. The molecule has 0 bridgehead atoms. The summed E-state index contributed by atoms with van der Waals surface area (Å²) >= 11 is 0. The lowest BCUT2D eigenvalue weighted by Gasteiger charge is -2.19. The van der Waals surface area contributed by atoms with Crippen molar-refractivity contribution in [2.45, 2.75) is 25.8 Å². The smallest absolute Gasteiger partial charge is 0.140 e. The quantitative estimate of drug-likeness (QED) is 0.776. The maximum atomic E-state index is 12.5. The number of benzene rings is 1. The minimum Gasteiger partial charge on any atom is -0.464 e. The summed E-state index contributed by atoms with van der Waals surface area (Å²) in [5, 5.41) is 3.89. The molecule has 1 aromatic carbocycles. The third kappa shape index (κ3) is 2.62. The Bertz CT molecular complexity index is 526. The van der Waals surface area contributed by atoms with Crippen molar-refractivity contribution >= 4 is 16.5 Å². The van der Waals surface area contributed by atoms with Gasteiger partial charge < -0.3 is 4.42 Å². The van der Waals surface area contributed by atoms with E-state index in [2.05, 4.69) is 18.8 Å².